The van der Waals surface area contributed by atoms with Crippen LogP contribution in [0.2, 0.25) is 0 Å². The van der Waals surface area contributed by atoms with Crippen LogP contribution in [0.1, 0.15) is 21.5 Å². The molecule has 0 aliphatic rings. The standard InChI is InChI=1S/C19H15N3O3/c1-12-14-4-2-3-5-15(14)25-19(24)17(12)18(23)21-11-13-6-8-22-9-7-20-16(22)10-13/h2-10H,11H2,1H3,(H,21,23). The number of fused-ring (bicyclic) bond motifs is 2. The van der Waals surface area contributed by atoms with Crippen LogP contribution in [-0.2, 0) is 6.54 Å². The van der Waals surface area contributed by atoms with Crippen molar-refractivity contribution in [1.29, 1.82) is 0 Å². The second-order valence-corrected chi connectivity index (χ2v) is 5.80. The Kier molecular flexibility index (Phi) is 3.57. The van der Waals surface area contributed by atoms with Gasteiger partial charge in [0.15, 0.2) is 0 Å². The van der Waals surface area contributed by atoms with Crippen molar-refractivity contribution in [2.45, 2.75) is 13.5 Å². The fraction of sp³-hybridized carbons (Fsp3) is 0.105. The van der Waals surface area contributed by atoms with E-state index in [1.165, 1.54) is 0 Å². The van der Waals surface area contributed by atoms with Crippen LogP contribution < -0.4 is 10.9 Å². The molecule has 0 atom stereocenters. The molecule has 0 aliphatic carbocycles. The van der Waals surface area contributed by atoms with Gasteiger partial charge in [0.2, 0.25) is 0 Å². The molecule has 3 heterocycles. The predicted octanol–water partition coefficient (Wildman–Crippen LogP) is 2.68. The highest BCUT2D eigenvalue weighted by molar-refractivity contribution is 5.99. The Morgan fingerprint density at radius 1 is 1.24 bits per heavy atom. The number of para-hydroxylation sites is 1. The Morgan fingerprint density at radius 3 is 2.96 bits per heavy atom. The molecular weight excluding hydrogens is 318 g/mol. The number of carbonyl (C=O) groups is 1. The van der Waals surface area contributed by atoms with Crippen molar-refractivity contribution in [3.8, 4) is 0 Å². The second kappa shape index (κ2) is 5.90. The molecule has 0 unspecified atom stereocenters. The van der Waals surface area contributed by atoms with Gasteiger partial charge >= 0.3 is 5.63 Å². The van der Waals surface area contributed by atoms with E-state index in [0.717, 1.165) is 16.6 Å². The number of carbonyl (C=O) groups excluding carboxylic acids is 1. The number of aryl methyl sites for hydroxylation is 1. The fourth-order valence-corrected chi connectivity index (χ4v) is 2.90. The van der Waals surface area contributed by atoms with Crippen molar-refractivity contribution in [2.75, 3.05) is 0 Å². The summed E-state index contributed by atoms with van der Waals surface area (Å²) in [5.74, 6) is -0.444. The molecule has 6 heteroatoms. The summed E-state index contributed by atoms with van der Waals surface area (Å²) < 4.78 is 7.15. The number of hydrogen-bond donors (Lipinski definition) is 1. The van der Waals surface area contributed by atoms with Crippen molar-refractivity contribution in [2.24, 2.45) is 0 Å². The minimum Gasteiger partial charge on any atom is -0.422 e. The largest absolute Gasteiger partial charge is 0.422 e. The number of aromatic nitrogens is 2. The van der Waals surface area contributed by atoms with Crippen LogP contribution in [0.3, 0.4) is 0 Å². The van der Waals surface area contributed by atoms with E-state index in [1.54, 1.807) is 25.3 Å². The first-order valence-electron chi connectivity index (χ1n) is 7.86. The van der Waals surface area contributed by atoms with Crippen molar-refractivity contribution >= 4 is 22.5 Å². The molecule has 1 aromatic carbocycles. The van der Waals surface area contributed by atoms with Gasteiger partial charge in [0.25, 0.3) is 5.91 Å². The lowest BCUT2D eigenvalue weighted by molar-refractivity contribution is 0.0946. The third kappa shape index (κ3) is 2.67. The molecule has 0 fully saturated rings. The summed E-state index contributed by atoms with van der Waals surface area (Å²) in [6.07, 6.45) is 5.43. The highest BCUT2D eigenvalue weighted by atomic mass is 16.4. The monoisotopic (exact) mass is 333 g/mol. The van der Waals surface area contributed by atoms with Gasteiger partial charge in [-0.05, 0) is 36.2 Å². The van der Waals surface area contributed by atoms with Gasteiger partial charge in [-0.2, -0.15) is 0 Å². The summed E-state index contributed by atoms with van der Waals surface area (Å²) in [5.41, 5.74) is 2.21. The first kappa shape index (κ1) is 15.1. The minimum atomic E-state index is -0.627. The first-order valence-corrected chi connectivity index (χ1v) is 7.86. The Morgan fingerprint density at radius 2 is 2.08 bits per heavy atom. The van der Waals surface area contributed by atoms with E-state index in [-0.39, 0.29) is 5.56 Å². The van der Waals surface area contributed by atoms with Crippen LogP contribution in [0.5, 0.6) is 0 Å². The van der Waals surface area contributed by atoms with E-state index in [0.29, 0.717) is 17.7 Å². The first-order chi connectivity index (χ1) is 12.1. The number of amides is 1. The Bertz CT molecular complexity index is 1160. The van der Waals surface area contributed by atoms with E-state index >= 15 is 0 Å². The molecule has 0 spiro atoms. The summed E-state index contributed by atoms with van der Waals surface area (Å²) in [7, 11) is 0. The van der Waals surface area contributed by atoms with Gasteiger partial charge in [0.05, 0.1) is 0 Å². The molecule has 1 N–H and O–H groups in total. The molecule has 0 aliphatic heterocycles. The number of nitrogens with zero attached hydrogens (tertiary/aromatic N) is 2. The zero-order valence-electron chi connectivity index (χ0n) is 13.5. The van der Waals surface area contributed by atoms with Crippen LogP contribution in [0.25, 0.3) is 16.6 Å². The SMILES string of the molecule is Cc1c(C(=O)NCc2ccn3ccnc3c2)c(=O)oc2ccccc12. The predicted molar refractivity (Wildman–Crippen MR) is 93.6 cm³/mol. The van der Waals surface area contributed by atoms with E-state index < -0.39 is 11.5 Å². The topological polar surface area (TPSA) is 76.6 Å². The van der Waals surface area contributed by atoms with Crippen LogP contribution in [-0.4, -0.2) is 15.3 Å². The molecule has 1 amide bonds. The lowest BCUT2D eigenvalue weighted by atomic mass is 10.1. The summed E-state index contributed by atoms with van der Waals surface area (Å²) in [5, 5.41) is 3.54. The Balaban J connectivity index is 1.62. The zero-order chi connectivity index (χ0) is 17.4. The van der Waals surface area contributed by atoms with Crippen LogP contribution in [0.15, 0.2) is 64.2 Å². The van der Waals surface area contributed by atoms with E-state index in [9.17, 15) is 9.59 Å². The molecule has 0 bridgehead atoms. The van der Waals surface area contributed by atoms with Crippen molar-refractivity contribution < 1.29 is 9.21 Å². The maximum atomic E-state index is 12.5. The second-order valence-electron chi connectivity index (χ2n) is 5.80. The summed E-state index contributed by atoms with van der Waals surface area (Å²) in [6, 6.07) is 11.0. The molecule has 124 valence electrons. The van der Waals surface area contributed by atoms with Crippen molar-refractivity contribution in [1.82, 2.24) is 14.7 Å². The molecular formula is C19H15N3O3. The smallest absolute Gasteiger partial charge is 0.349 e. The van der Waals surface area contributed by atoms with Crippen molar-refractivity contribution in [3.63, 3.8) is 0 Å². The van der Waals surface area contributed by atoms with Crippen LogP contribution >= 0.6 is 0 Å². The number of hydrogen-bond acceptors (Lipinski definition) is 4. The summed E-state index contributed by atoms with van der Waals surface area (Å²) >= 11 is 0. The lowest BCUT2D eigenvalue weighted by Gasteiger charge is -2.09. The molecule has 25 heavy (non-hydrogen) atoms. The number of imidazole rings is 1. The molecule has 4 aromatic rings. The van der Waals surface area contributed by atoms with Gasteiger partial charge in [-0.15, -0.1) is 0 Å². The van der Waals surface area contributed by atoms with Gasteiger partial charge in [0, 0.05) is 30.5 Å². The third-order valence-electron chi connectivity index (χ3n) is 4.22. The maximum absolute atomic E-state index is 12.5. The molecule has 0 radical (unpaired) electrons. The van der Waals surface area contributed by atoms with Crippen LogP contribution in [0, 0.1) is 6.92 Å². The molecule has 0 saturated heterocycles. The van der Waals surface area contributed by atoms with E-state index in [1.807, 2.05) is 41.1 Å². The van der Waals surface area contributed by atoms with Crippen LogP contribution in [0.4, 0.5) is 0 Å². The van der Waals surface area contributed by atoms with E-state index in [2.05, 4.69) is 10.3 Å². The van der Waals surface area contributed by atoms with E-state index in [4.69, 9.17) is 4.42 Å². The Labute approximate surface area is 142 Å². The summed E-state index contributed by atoms with van der Waals surface area (Å²) in [6.45, 7) is 2.05. The van der Waals surface area contributed by atoms with Gasteiger partial charge in [-0.25, -0.2) is 9.78 Å². The fourth-order valence-electron chi connectivity index (χ4n) is 2.90. The number of benzene rings is 1. The van der Waals surface area contributed by atoms with Gasteiger partial charge in [0.1, 0.15) is 16.8 Å². The van der Waals surface area contributed by atoms with Gasteiger partial charge in [-0.3, -0.25) is 4.79 Å². The molecule has 4 rings (SSSR count). The normalized spacial score (nSPS) is 11.1. The maximum Gasteiger partial charge on any atom is 0.349 e. The van der Waals surface area contributed by atoms with Crippen molar-refractivity contribution in [3.05, 3.63) is 82.1 Å². The summed E-state index contributed by atoms with van der Waals surface area (Å²) in [4.78, 5) is 28.9. The zero-order valence-corrected chi connectivity index (χ0v) is 13.5. The number of rotatable bonds is 3. The third-order valence-corrected chi connectivity index (χ3v) is 4.22. The minimum absolute atomic E-state index is 0.0422. The lowest BCUT2D eigenvalue weighted by Crippen LogP contribution is -2.29. The highest BCUT2D eigenvalue weighted by Crippen LogP contribution is 2.18. The molecule has 6 nitrogen and oxygen atoms in total. The Hall–Kier alpha value is -3.41. The number of pyridine rings is 1. The highest BCUT2D eigenvalue weighted by Gasteiger charge is 2.18. The van der Waals surface area contributed by atoms with Gasteiger partial charge in [-0.1, -0.05) is 18.2 Å². The quantitative estimate of drug-likeness (QED) is 0.585. The van der Waals surface area contributed by atoms with Gasteiger partial charge < -0.3 is 14.1 Å². The number of nitrogens with one attached hydrogen (secondary N) is 1. The average Bonchev–Trinajstić information content (AvgIpc) is 3.07. The average molecular weight is 333 g/mol. The molecule has 3 aromatic heterocycles. The molecule has 0 saturated carbocycles.